The Morgan fingerprint density at radius 2 is 1.86 bits per heavy atom. The van der Waals surface area contributed by atoms with Crippen molar-refractivity contribution in [2.24, 2.45) is 39.2 Å². The highest BCUT2D eigenvalue weighted by molar-refractivity contribution is 5.93. The number of aromatic nitrogens is 1. The van der Waals surface area contributed by atoms with Gasteiger partial charge in [-0.2, -0.15) is 0 Å². The normalized spacial score (nSPS) is 41.8. The number of oxime groups is 1. The predicted molar refractivity (Wildman–Crippen MR) is 118 cm³/mol. The minimum atomic E-state index is -0.123. The first kappa shape index (κ1) is 19.1. The molecule has 154 valence electrons. The molecule has 4 aliphatic rings. The second-order valence-electron chi connectivity index (χ2n) is 10.9. The minimum Gasteiger partial charge on any atom is -0.411 e. The molecule has 3 heteroatoms. The monoisotopic (exact) mass is 390 g/mol. The van der Waals surface area contributed by atoms with Crippen molar-refractivity contribution in [2.75, 3.05) is 0 Å². The number of allylic oxidation sites excluding steroid dienone is 4. The molecule has 0 aliphatic heterocycles. The van der Waals surface area contributed by atoms with Crippen LogP contribution in [-0.4, -0.2) is 15.9 Å². The van der Waals surface area contributed by atoms with Crippen molar-refractivity contribution in [3.63, 3.8) is 0 Å². The average Bonchev–Trinajstić information content (AvgIpc) is 3.05. The maximum absolute atomic E-state index is 9.58. The molecule has 2 saturated carbocycles. The Morgan fingerprint density at radius 1 is 1.03 bits per heavy atom. The van der Waals surface area contributed by atoms with Crippen molar-refractivity contribution < 1.29 is 5.21 Å². The molecule has 0 radical (unpaired) electrons. The summed E-state index contributed by atoms with van der Waals surface area (Å²) in [7, 11) is 0. The molecule has 1 aromatic rings. The standard InChI is InChI=1S/C26H34N2O/c1-24(2)22-10-7-18-20-9-8-19(17-6-5-15-27-16-17)25(20,3)13-11-21(18)26(22,4)14-12-23(24)28-29/h5-6,8,10,15-16,18,20-21,29H,7,9,11-14H2,1-4H3/b28-23+/t18-,20-,21-,25+,26+/m0/s1. The molecule has 2 fully saturated rings. The third kappa shape index (κ3) is 2.49. The van der Waals surface area contributed by atoms with Crippen molar-refractivity contribution in [3.8, 4) is 0 Å². The summed E-state index contributed by atoms with van der Waals surface area (Å²) in [4.78, 5) is 4.39. The first-order valence-electron chi connectivity index (χ1n) is 11.4. The first-order valence-corrected chi connectivity index (χ1v) is 11.4. The fourth-order valence-corrected chi connectivity index (χ4v) is 7.94. The highest BCUT2D eigenvalue weighted by atomic mass is 16.4. The Hall–Kier alpha value is -1.90. The molecule has 0 spiro atoms. The summed E-state index contributed by atoms with van der Waals surface area (Å²) in [5, 5.41) is 13.3. The lowest BCUT2D eigenvalue weighted by molar-refractivity contribution is -0.0117. The van der Waals surface area contributed by atoms with E-state index >= 15 is 0 Å². The molecule has 0 aromatic carbocycles. The van der Waals surface area contributed by atoms with Gasteiger partial charge < -0.3 is 5.21 Å². The molecule has 1 N–H and O–H groups in total. The van der Waals surface area contributed by atoms with E-state index in [9.17, 15) is 5.21 Å². The molecule has 5 atom stereocenters. The van der Waals surface area contributed by atoms with Crippen LogP contribution in [-0.2, 0) is 0 Å². The molecule has 1 aromatic heterocycles. The van der Waals surface area contributed by atoms with Gasteiger partial charge in [0.2, 0.25) is 0 Å². The van der Waals surface area contributed by atoms with Crippen LogP contribution >= 0.6 is 0 Å². The third-order valence-corrected chi connectivity index (χ3v) is 9.41. The lowest BCUT2D eigenvalue weighted by Crippen LogP contribution is -2.53. The van der Waals surface area contributed by atoms with E-state index in [0.29, 0.717) is 0 Å². The third-order valence-electron chi connectivity index (χ3n) is 9.41. The van der Waals surface area contributed by atoms with E-state index in [1.54, 1.807) is 0 Å². The quantitative estimate of drug-likeness (QED) is 0.338. The molecule has 0 amide bonds. The van der Waals surface area contributed by atoms with Gasteiger partial charge in [-0.25, -0.2) is 0 Å². The zero-order valence-corrected chi connectivity index (χ0v) is 18.3. The van der Waals surface area contributed by atoms with Gasteiger partial charge in [-0.15, -0.1) is 0 Å². The molecule has 0 unspecified atom stereocenters. The lowest BCUT2D eigenvalue weighted by Gasteiger charge is -2.60. The van der Waals surface area contributed by atoms with Crippen LogP contribution < -0.4 is 0 Å². The van der Waals surface area contributed by atoms with Crippen LogP contribution in [0.2, 0.25) is 0 Å². The van der Waals surface area contributed by atoms with Crippen LogP contribution in [0.25, 0.3) is 5.57 Å². The largest absolute Gasteiger partial charge is 0.411 e. The van der Waals surface area contributed by atoms with Crippen LogP contribution in [0.5, 0.6) is 0 Å². The Labute approximate surface area is 175 Å². The number of hydrogen-bond donors (Lipinski definition) is 1. The molecule has 5 rings (SSSR count). The maximum atomic E-state index is 9.58. The summed E-state index contributed by atoms with van der Waals surface area (Å²) < 4.78 is 0. The van der Waals surface area contributed by atoms with Crippen LogP contribution in [0.1, 0.15) is 71.8 Å². The van der Waals surface area contributed by atoms with Crippen LogP contribution in [0, 0.1) is 34.0 Å². The Kier molecular flexibility index (Phi) is 4.14. The molecular formula is C26H34N2O. The van der Waals surface area contributed by atoms with Crippen LogP contribution in [0.4, 0.5) is 0 Å². The first-order chi connectivity index (χ1) is 13.8. The number of nitrogens with zero attached hydrogens (tertiary/aromatic N) is 2. The lowest BCUT2D eigenvalue weighted by atomic mass is 9.44. The molecule has 29 heavy (non-hydrogen) atoms. The maximum Gasteiger partial charge on any atom is 0.0667 e. The molecule has 0 saturated heterocycles. The fraction of sp³-hybridized carbons (Fsp3) is 0.615. The van der Waals surface area contributed by atoms with Gasteiger partial charge in [-0.3, -0.25) is 4.98 Å². The smallest absolute Gasteiger partial charge is 0.0667 e. The summed E-state index contributed by atoms with van der Waals surface area (Å²) in [6, 6.07) is 4.30. The van der Waals surface area contributed by atoms with Crippen molar-refractivity contribution in [1.82, 2.24) is 4.98 Å². The summed E-state index contributed by atoms with van der Waals surface area (Å²) in [5.41, 5.74) is 5.73. The fourth-order valence-electron chi connectivity index (χ4n) is 7.94. The molecular weight excluding hydrogens is 356 g/mol. The zero-order valence-electron chi connectivity index (χ0n) is 18.3. The highest BCUT2D eigenvalue weighted by Gasteiger charge is 2.59. The topological polar surface area (TPSA) is 45.5 Å². The van der Waals surface area contributed by atoms with E-state index < -0.39 is 0 Å². The van der Waals surface area contributed by atoms with Gasteiger partial charge in [0.1, 0.15) is 0 Å². The van der Waals surface area contributed by atoms with Crippen molar-refractivity contribution in [2.45, 2.75) is 66.2 Å². The zero-order chi connectivity index (χ0) is 20.4. The second-order valence-corrected chi connectivity index (χ2v) is 10.9. The molecule has 3 nitrogen and oxygen atoms in total. The van der Waals surface area contributed by atoms with Crippen LogP contribution in [0.15, 0.2) is 47.4 Å². The van der Waals surface area contributed by atoms with E-state index in [0.717, 1.165) is 36.3 Å². The van der Waals surface area contributed by atoms with Gasteiger partial charge in [0.05, 0.1) is 5.71 Å². The Balaban J connectivity index is 1.51. The summed E-state index contributed by atoms with van der Waals surface area (Å²) >= 11 is 0. The van der Waals surface area contributed by atoms with Gasteiger partial charge in [0.15, 0.2) is 0 Å². The number of fused-ring (bicyclic) bond motifs is 5. The Bertz CT molecular complexity index is 912. The average molecular weight is 391 g/mol. The summed E-state index contributed by atoms with van der Waals surface area (Å²) in [6.07, 6.45) is 16.0. The van der Waals surface area contributed by atoms with E-state index in [1.807, 2.05) is 12.4 Å². The molecule has 1 heterocycles. The molecule has 4 aliphatic carbocycles. The van der Waals surface area contributed by atoms with E-state index in [2.05, 4.69) is 62.1 Å². The van der Waals surface area contributed by atoms with Crippen molar-refractivity contribution >= 4 is 11.3 Å². The molecule has 0 bridgehead atoms. The minimum absolute atomic E-state index is 0.123. The van der Waals surface area contributed by atoms with Crippen molar-refractivity contribution in [3.05, 3.63) is 47.8 Å². The van der Waals surface area contributed by atoms with Crippen molar-refractivity contribution in [1.29, 1.82) is 0 Å². The van der Waals surface area contributed by atoms with E-state index in [4.69, 9.17) is 0 Å². The predicted octanol–water partition coefficient (Wildman–Crippen LogP) is 6.50. The second kappa shape index (κ2) is 6.30. The highest BCUT2D eigenvalue weighted by Crippen LogP contribution is 2.67. The summed E-state index contributed by atoms with van der Waals surface area (Å²) in [6.45, 7) is 9.55. The van der Waals surface area contributed by atoms with Gasteiger partial charge >= 0.3 is 0 Å². The van der Waals surface area contributed by atoms with Gasteiger partial charge in [-0.1, -0.05) is 56.6 Å². The Morgan fingerprint density at radius 3 is 2.59 bits per heavy atom. The van der Waals surface area contributed by atoms with Gasteiger partial charge in [-0.05, 0) is 84.3 Å². The van der Waals surface area contributed by atoms with E-state index in [1.165, 1.54) is 42.4 Å². The van der Waals surface area contributed by atoms with Crippen LogP contribution in [0.3, 0.4) is 0 Å². The SMILES string of the molecule is CC1(C)C2=CC[C@@H]3[C@H](CC[C@]4(C)C(c5cccnc5)=CC[C@@H]34)[C@@]2(C)CC/C1=N\O. The number of pyridine rings is 1. The van der Waals surface area contributed by atoms with Gasteiger partial charge in [0, 0.05) is 17.8 Å². The summed E-state index contributed by atoms with van der Waals surface area (Å²) in [5.74, 6) is 2.21. The van der Waals surface area contributed by atoms with Gasteiger partial charge in [0.25, 0.3) is 0 Å². The van der Waals surface area contributed by atoms with E-state index in [-0.39, 0.29) is 16.2 Å². The number of hydrogen-bond acceptors (Lipinski definition) is 3. The number of rotatable bonds is 1.